The van der Waals surface area contributed by atoms with Crippen LogP contribution in [0.1, 0.15) is 48.2 Å². The third-order valence-corrected chi connectivity index (χ3v) is 4.58. The standard InChI is InChI=1S/C25H23F2N5O2.C2H6/c26-21-9-3-18(4-10-21)16-29-31-24(33)2-1-15-28-23-13-7-20(8-14-23)25(34)32-30-17-19-5-11-22(27)12-6-19;1-2/h3-14,16-17,28H,1-2,15H2,(H,31,33)(H,32,34);1-2H3/b29-16+,30-17+;. The van der Waals surface area contributed by atoms with E-state index in [1.165, 1.54) is 36.7 Å². The van der Waals surface area contributed by atoms with Gasteiger partial charge >= 0.3 is 0 Å². The van der Waals surface area contributed by atoms with Gasteiger partial charge in [-0.2, -0.15) is 10.2 Å². The molecule has 0 aliphatic rings. The molecule has 0 spiro atoms. The predicted molar refractivity (Wildman–Crippen MR) is 139 cm³/mol. The second-order valence-corrected chi connectivity index (χ2v) is 7.20. The fraction of sp³-hybridized carbons (Fsp3) is 0.185. The molecular formula is C27H29F2N5O2. The van der Waals surface area contributed by atoms with Gasteiger partial charge in [-0.1, -0.05) is 38.1 Å². The first-order valence-electron chi connectivity index (χ1n) is 11.5. The number of amides is 2. The van der Waals surface area contributed by atoms with E-state index in [1.54, 1.807) is 48.5 Å². The van der Waals surface area contributed by atoms with Crippen LogP contribution in [-0.2, 0) is 4.79 Å². The fourth-order valence-corrected chi connectivity index (χ4v) is 2.78. The lowest BCUT2D eigenvalue weighted by Crippen LogP contribution is -2.18. The van der Waals surface area contributed by atoms with Crippen molar-refractivity contribution in [2.75, 3.05) is 11.9 Å². The predicted octanol–water partition coefficient (Wildman–Crippen LogP) is 5.10. The summed E-state index contributed by atoms with van der Waals surface area (Å²) in [7, 11) is 0. The summed E-state index contributed by atoms with van der Waals surface area (Å²) in [6, 6.07) is 18.3. The summed E-state index contributed by atoms with van der Waals surface area (Å²) in [5, 5.41) is 10.9. The number of benzene rings is 3. The van der Waals surface area contributed by atoms with E-state index in [2.05, 4.69) is 26.4 Å². The van der Waals surface area contributed by atoms with Gasteiger partial charge in [0.2, 0.25) is 5.91 Å². The molecule has 7 nitrogen and oxygen atoms in total. The Morgan fingerprint density at radius 1 is 0.750 bits per heavy atom. The van der Waals surface area contributed by atoms with Crippen LogP contribution in [0.3, 0.4) is 0 Å². The lowest BCUT2D eigenvalue weighted by molar-refractivity contribution is -0.121. The summed E-state index contributed by atoms with van der Waals surface area (Å²) in [5.74, 6) is -1.28. The van der Waals surface area contributed by atoms with Crippen LogP contribution in [0, 0.1) is 11.6 Å². The highest BCUT2D eigenvalue weighted by molar-refractivity contribution is 5.95. The molecule has 3 rings (SSSR count). The van der Waals surface area contributed by atoms with Crippen molar-refractivity contribution in [3.05, 3.63) is 101 Å². The molecule has 3 aromatic rings. The molecule has 188 valence electrons. The van der Waals surface area contributed by atoms with Gasteiger partial charge < -0.3 is 5.32 Å². The molecule has 0 aliphatic heterocycles. The Morgan fingerprint density at radius 2 is 1.25 bits per heavy atom. The first-order valence-corrected chi connectivity index (χ1v) is 11.5. The number of carbonyl (C=O) groups is 2. The quantitative estimate of drug-likeness (QED) is 0.208. The lowest BCUT2D eigenvalue weighted by atomic mass is 10.2. The van der Waals surface area contributed by atoms with E-state index in [-0.39, 0.29) is 29.9 Å². The minimum absolute atomic E-state index is 0.228. The maximum atomic E-state index is 12.9. The van der Waals surface area contributed by atoms with E-state index in [1.807, 2.05) is 13.8 Å². The van der Waals surface area contributed by atoms with Crippen LogP contribution in [0.15, 0.2) is 83.0 Å². The Hall–Kier alpha value is -4.40. The molecule has 0 fully saturated rings. The molecule has 2 amide bonds. The van der Waals surface area contributed by atoms with Gasteiger partial charge in [-0.25, -0.2) is 19.6 Å². The molecule has 0 atom stereocenters. The minimum Gasteiger partial charge on any atom is -0.385 e. The molecular weight excluding hydrogens is 464 g/mol. The summed E-state index contributed by atoms with van der Waals surface area (Å²) < 4.78 is 25.7. The zero-order valence-electron chi connectivity index (χ0n) is 20.2. The van der Waals surface area contributed by atoms with Crippen LogP contribution < -0.4 is 16.2 Å². The van der Waals surface area contributed by atoms with Gasteiger partial charge in [0.05, 0.1) is 12.4 Å². The Kier molecular flexibility index (Phi) is 12.0. The molecule has 9 heteroatoms. The Balaban J connectivity index is 0.00000222. The lowest BCUT2D eigenvalue weighted by Gasteiger charge is -2.07. The number of hydrogen-bond acceptors (Lipinski definition) is 5. The zero-order chi connectivity index (χ0) is 26.2. The van der Waals surface area contributed by atoms with Gasteiger partial charge in [0.1, 0.15) is 11.6 Å². The molecule has 0 radical (unpaired) electrons. The highest BCUT2D eigenvalue weighted by Crippen LogP contribution is 2.10. The van der Waals surface area contributed by atoms with E-state index in [0.29, 0.717) is 29.7 Å². The SMILES string of the molecule is CC.O=C(CCCNc1ccc(C(=O)N/N=C/c2ccc(F)cc2)cc1)N/N=C/c1ccc(F)cc1. The topological polar surface area (TPSA) is 95.0 Å². The number of nitrogens with one attached hydrogen (secondary N) is 3. The van der Waals surface area contributed by atoms with Crippen LogP contribution in [0.4, 0.5) is 14.5 Å². The second kappa shape index (κ2) is 15.5. The minimum atomic E-state index is -0.372. The largest absolute Gasteiger partial charge is 0.385 e. The van der Waals surface area contributed by atoms with Crippen molar-refractivity contribution in [1.29, 1.82) is 0 Å². The van der Waals surface area contributed by atoms with Gasteiger partial charge in [-0.3, -0.25) is 9.59 Å². The molecule has 0 saturated carbocycles. The Morgan fingerprint density at radius 3 is 1.78 bits per heavy atom. The summed E-state index contributed by atoms with van der Waals surface area (Å²) in [5.41, 5.74) is 7.43. The summed E-state index contributed by atoms with van der Waals surface area (Å²) in [6.07, 6.45) is 3.73. The van der Waals surface area contributed by atoms with E-state index in [9.17, 15) is 18.4 Å². The number of halogens is 2. The van der Waals surface area contributed by atoms with Gasteiger partial charge in [0, 0.05) is 24.2 Å². The van der Waals surface area contributed by atoms with Crippen LogP contribution in [0.2, 0.25) is 0 Å². The molecule has 0 saturated heterocycles. The fourth-order valence-electron chi connectivity index (χ4n) is 2.78. The van der Waals surface area contributed by atoms with Gasteiger partial charge in [0.15, 0.2) is 0 Å². The summed E-state index contributed by atoms with van der Waals surface area (Å²) in [4.78, 5) is 24.0. The van der Waals surface area contributed by atoms with Gasteiger partial charge in [-0.05, 0) is 66.1 Å². The number of carbonyl (C=O) groups excluding carboxylic acids is 2. The van der Waals surface area contributed by atoms with Crippen molar-refractivity contribution in [1.82, 2.24) is 10.9 Å². The first kappa shape index (κ1) is 27.8. The van der Waals surface area contributed by atoms with Crippen molar-refractivity contribution < 1.29 is 18.4 Å². The smallest absolute Gasteiger partial charge is 0.271 e. The maximum absolute atomic E-state index is 12.9. The molecule has 0 aromatic heterocycles. The summed E-state index contributed by atoms with van der Waals surface area (Å²) >= 11 is 0. The van der Waals surface area contributed by atoms with Gasteiger partial charge in [0.25, 0.3) is 5.91 Å². The average molecular weight is 494 g/mol. The number of hydrazone groups is 2. The Labute approximate surface area is 209 Å². The van der Waals surface area contributed by atoms with Crippen molar-refractivity contribution in [2.24, 2.45) is 10.2 Å². The molecule has 0 heterocycles. The number of anilines is 1. The molecule has 0 aliphatic carbocycles. The third-order valence-electron chi connectivity index (χ3n) is 4.58. The van der Waals surface area contributed by atoms with Crippen LogP contribution in [-0.4, -0.2) is 30.8 Å². The highest BCUT2D eigenvalue weighted by Gasteiger charge is 2.04. The third kappa shape index (κ3) is 10.3. The van der Waals surface area contributed by atoms with Crippen molar-refractivity contribution in [3.63, 3.8) is 0 Å². The van der Waals surface area contributed by atoms with Crippen molar-refractivity contribution in [3.8, 4) is 0 Å². The number of nitrogens with zero attached hydrogens (tertiary/aromatic N) is 2. The normalized spacial score (nSPS) is 10.6. The van der Waals surface area contributed by atoms with E-state index >= 15 is 0 Å². The molecule has 3 N–H and O–H groups in total. The number of rotatable bonds is 10. The van der Waals surface area contributed by atoms with E-state index < -0.39 is 0 Å². The second-order valence-electron chi connectivity index (χ2n) is 7.20. The monoisotopic (exact) mass is 493 g/mol. The number of hydrogen-bond donors (Lipinski definition) is 3. The van der Waals surface area contributed by atoms with Crippen molar-refractivity contribution in [2.45, 2.75) is 26.7 Å². The van der Waals surface area contributed by atoms with Crippen LogP contribution in [0.5, 0.6) is 0 Å². The Bertz CT molecular complexity index is 1150. The molecule has 0 bridgehead atoms. The highest BCUT2D eigenvalue weighted by atomic mass is 19.1. The zero-order valence-corrected chi connectivity index (χ0v) is 20.2. The van der Waals surface area contributed by atoms with Gasteiger partial charge in [-0.15, -0.1) is 0 Å². The summed E-state index contributed by atoms with van der Waals surface area (Å²) in [6.45, 7) is 4.56. The molecule has 3 aromatic carbocycles. The van der Waals surface area contributed by atoms with E-state index in [0.717, 1.165) is 5.69 Å². The van der Waals surface area contributed by atoms with Crippen LogP contribution >= 0.6 is 0 Å². The maximum Gasteiger partial charge on any atom is 0.271 e. The molecule has 0 unspecified atom stereocenters. The molecule has 36 heavy (non-hydrogen) atoms. The first-order chi connectivity index (χ1) is 17.5. The van der Waals surface area contributed by atoms with Crippen molar-refractivity contribution >= 4 is 29.9 Å². The van der Waals surface area contributed by atoms with Crippen LogP contribution in [0.25, 0.3) is 0 Å². The van der Waals surface area contributed by atoms with E-state index in [4.69, 9.17) is 0 Å². The average Bonchev–Trinajstić information content (AvgIpc) is 2.90.